The van der Waals surface area contributed by atoms with Crippen LogP contribution in [0.15, 0.2) is 42.5 Å². The molecule has 1 N–H and O–H groups in total. The van der Waals surface area contributed by atoms with Crippen molar-refractivity contribution in [1.82, 2.24) is 9.96 Å². The van der Waals surface area contributed by atoms with Crippen molar-refractivity contribution in [3.05, 3.63) is 59.2 Å². The molecule has 0 aliphatic carbocycles. The molecular formula is C29H38N2O6. The van der Waals surface area contributed by atoms with E-state index in [1.54, 1.807) is 7.11 Å². The van der Waals surface area contributed by atoms with E-state index in [0.29, 0.717) is 32.7 Å². The Morgan fingerprint density at radius 2 is 1.97 bits per heavy atom. The maximum absolute atomic E-state index is 13.4. The molecule has 37 heavy (non-hydrogen) atoms. The van der Waals surface area contributed by atoms with Gasteiger partial charge in [-0.3, -0.25) is 19.3 Å². The van der Waals surface area contributed by atoms with Gasteiger partial charge in [0, 0.05) is 31.5 Å². The average molecular weight is 511 g/mol. The van der Waals surface area contributed by atoms with Gasteiger partial charge in [-0.2, -0.15) is 0 Å². The number of carbonyl (C=O) groups excluding carboxylic acids is 1. The number of nitrogens with zero attached hydrogens (tertiary/aromatic N) is 2. The summed E-state index contributed by atoms with van der Waals surface area (Å²) in [6.45, 7) is 6.18. The molecule has 2 aromatic rings. The number of carboxylic acids is 1. The fourth-order valence-corrected chi connectivity index (χ4v) is 5.54. The van der Waals surface area contributed by atoms with Crippen LogP contribution in [0.3, 0.4) is 0 Å². The Hall–Kier alpha value is -3.10. The lowest BCUT2D eigenvalue weighted by Crippen LogP contribution is -2.45. The summed E-state index contributed by atoms with van der Waals surface area (Å²) >= 11 is 0. The number of ether oxygens (including phenoxy) is 2. The Labute approximate surface area is 219 Å². The second-order valence-electron chi connectivity index (χ2n) is 9.78. The van der Waals surface area contributed by atoms with Gasteiger partial charge in [0.2, 0.25) is 0 Å². The fraction of sp³-hybridized carbons (Fsp3) is 0.517. The summed E-state index contributed by atoms with van der Waals surface area (Å²) in [6, 6.07) is 13.3. The van der Waals surface area contributed by atoms with Crippen LogP contribution in [-0.4, -0.2) is 72.9 Å². The van der Waals surface area contributed by atoms with Crippen LogP contribution < -0.4 is 9.47 Å². The second-order valence-corrected chi connectivity index (χ2v) is 9.78. The molecule has 8 nitrogen and oxygen atoms in total. The Morgan fingerprint density at radius 3 is 2.70 bits per heavy atom. The first-order valence-electron chi connectivity index (χ1n) is 13.2. The van der Waals surface area contributed by atoms with Crippen molar-refractivity contribution >= 4 is 11.9 Å². The Kier molecular flexibility index (Phi) is 9.05. The number of rotatable bonds is 12. The van der Waals surface area contributed by atoms with E-state index in [9.17, 15) is 14.7 Å². The van der Waals surface area contributed by atoms with Crippen LogP contribution in [0.5, 0.6) is 11.5 Å². The summed E-state index contributed by atoms with van der Waals surface area (Å²) in [5.74, 6) is -0.359. The zero-order valence-corrected chi connectivity index (χ0v) is 22.0. The van der Waals surface area contributed by atoms with E-state index in [-0.39, 0.29) is 24.4 Å². The molecule has 2 aliphatic rings. The molecule has 0 bridgehead atoms. The highest BCUT2D eigenvalue weighted by Gasteiger charge is 2.47. The number of aliphatic carboxylic acids is 1. The molecule has 1 fully saturated rings. The molecule has 2 heterocycles. The van der Waals surface area contributed by atoms with Gasteiger partial charge in [0.15, 0.2) is 0 Å². The van der Waals surface area contributed by atoms with Gasteiger partial charge >= 0.3 is 5.97 Å². The second kappa shape index (κ2) is 12.4. The summed E-state index contributed by atoms with van der Waals surface area (Å²) in [5.41, 5.74) is 3.01. The fourth-order valence-electron chi connectivity index (χ4n) is 5.54. The van der Waals surface area contributed by atoms with E-state index in [0.717, 1.165) is 47.5 Å². The minimum absolute atomic E-state index is 0.0951. The highest BCUT2D eigenvalue weighted by molar-refractivity contribution is 5.78. The molecule has 4 rings (SSSR count). The van der Waals surface area contributed by atoms with Crippen molar-refractivity contribution in [2.75, 3.05) is 40.0 Å². The molecule has 1 unspecified atom stereocenters. The van der Waals surface area contributed by atoms with Crippen LogP contribution in [0, 0.1) is 5.92 Å². The SMILES string of the molecule is CCCON(CCC)C(=O)CN1C[C@H](c2ccc3c(c2)CCO3)C(C(=O)O)[C@@H]1Cc1ccccc1OC. The number of hydrogen-bond acceptors (Lipinski definition) is 6. The number of para-hydroxylation sites is 1. The first kappa shape index (κ1) is 26.9. The minimum Gasteiger partial charge on any atom is -0.496 e. The number of methoxy groups -OCH3 is 1. The van der Waals surface area contributed by atoms with Gasteiger partial charge in [0.1, 0.15) is 11.5 Å². The van der Waals surface area contributed by atoms with Gasteiger partial charge < -0.3 is 14.6 Å². The molecule has 3 atom stereocenters. The molecule has 200 valence electrons. The van der Waals surface area contributed by atoms with E-state index in [1.807, 2.05) is 55.1 Å². The zero-order valence-electron chi connectivity index (χ0n) is 22.0. The molecule has 1 amide bonds. The van der Waals surface area contributed by atoms with Gasteiger partial charge in [0.25, 0.3) is 5.91 Å². The summed E-state index contributed by atoms with van der Waals surface area (Å²) in [4.78, 5) is 33.9. The third-order valence-electron chi connectivity index (χ3n) is 7.29. The topological polar surface area (TPSA) is 88.5 Å². The van der Waals surface area contributed by atoms with E-state index in [2.05, 4.69) is 6.07 Å². The normalized spacial score (nSPS) is 20.9. The molecule has 2 aliphatic heterocycles. The number of fused-ring (bicyclic) bond motifs is 1. The Balaban J connectivity index is 1.66. The smallest absolute Gasteiger partial charge is 0.308 e. The third-order valence-corrected chi connectivity index (χ3v) is 7.29. The van der Waals surface area contributed by atoms with Crippen molar-refractivity contribution < 1.29 is 29.0 Å². The van der Waals surface area contributed by atoms with Crippen LogP contribution >= 0.6 is 0 Å². The third kappa shape index (κ3) is 6.08. The molecule has 8 heteroatoms. The summed E-state index contributed by atoms with van der Waals surface area (Å²) in [6.07, 6.45) is 2.86. The number of amides is 1. The molecule has 0 radical (unpaired) electrons. The lowest BCUT2D eigenvalue weighted by Gasteiger charge is -2.29. The summed E-state index contributed by atoms with van der Waals surface area (Å²) < 4.78 is 11.2. The molecule has 0 spiro atoms. The van der Waals surface area contributed by atoms with Gasteiger partial charge in [-0.1, -0.05) is 44.2 Å². The van der Waals surface area contributed by atoms with E-state index >= 15 is 0 Å². The number of hydroxylamine groups is 2. The number of carbonyl (C=O) groups is 2. The molecule has 0 saturated carbocycles. The van der Waals surface area contributed by atoms with Gasteiger partial charge in [0.05, 0.1) is 32.8 Å². The van der Waals surface area contributed by atoms with E-state index in [4.69, 9.17) is 14.3 Å². The van der Waals surface area contributed by atoms with Crippen molar-refractivity contribution in [3.63, 3.8) is 0 Å². The number of hydrogen-bond donors (Lipinski definition) is 1. The van der Waals surface area contributed by atoms with Gasteiger partial charge in [-0.05, 0) is 48.1 Å². The average Bonchev–Trinajstić information content (AvgIpc) is 3.51. The first-order valence-corrected chi connectivity index (χ1v) is 13.2. The lowest BCUT2D eigenvalue weighted by molar-refractivity contribution is -0.188. The molecule has 1 saturated heterocycles. The lowest BCUT2D eigenvalue weighted by atomic mass is 9.82. The van der Waals surface area contributed by atoms with Crippen LogP contribution in [-0.2, 0) is 27.3 Å². The van der Waals surface area contributed by atoms with Gasteiger partial charge in [-0.25, -0.2) is 5.06 Å². The van der Waals surface area contributed by atoms with Crippen LogP contribution in [0.1, 0.15) is 49.3 Å². The maximum Gasteiger partial charge on any atom is 0.308 e. The van der Waals surface area contributed by atoms with Crippen LogP contribution in [0.4, 0.5) is 0 Å². The summed E-state index contributed by atoms with van der Waals surface area (Å²) in [5, 5.41) is 11.9. The van der Waals surface area contributed by atoms with Crippen LogP contribution in [0.25, 0.3) is 0 Å². The number of likely N-dealkylation sites (tertiary alicyclic amines) is 1. The predicted octanol–water partition coefficient (Wildman–Crippen LogP) is 3.92. The highest BCUT2D eigenvalue weighted by Crippen LogP contribution is 2.41. The minimum atomic E-state index is -0.857. The Bertz CT molecular complexity index is 1090. The molecular weight excluding hydrogens is 472 g/mol. The largest absolute Gasteiger partial charge is 0.496 e. The predicted molar refractivity (Wildman–Crippen MR) is 140 cm³/mol. The maximum atomic E-state index is 13.4. The Morgan fingerprint density at radius 1 is 1.16 bits per heavy atom. The van der Waals surface area contributed by atoms with Crippen molar-refractivity contribution in [1.29, 1.82) is 0 Å². The number of carboxylic acid groups (broad SMARTS) is 1. The zero-order chi connectivity index (χ0) is 26.4. The standard InChI is InChI=1S/C29H38N2O6/c1-4-13-31(37-14-5-2)27(32)19-30-18-23(20-10-11-26-22(16-20)12-15-36-26)28(29(33)34)24(30)17-21-8-6-7-9-25(21)35-3/h6-11,16,23-24,28H,4-5,12-15,17-19H2,1-3H3,(H,33,34)/t23-,24+,28?/m1/s1. The summed E-state index contributed by atoms with van der Waals surface area (Å²) in [7, 11) is 1.62. The first-order chi connectivity index (χ1) is 18.0. The van der Waals surface area contributed by atoms with Crippen LogP contribution in [0.2, 0.25) is 0 Å². The van der Waals surface area contributed by atoms with Crippen molar-refractivity contribution in [2.24, 2.45) is 5.92 Å². The number of benzene rings is 2. The van der Waals surface area contributed by atoms with E-state index in [1.165, 1.54) is 5.06 Å². The quantitative estimate of drug-likeness (QED) is 0.433. The monoisotopic (exact) mass is 510 g/mol. The molecule has 0 aromatic heterocycles. The van der Waals surface area contributed by atoms with Crippen molar-refractivity contribution in [3.8, 4) is 11.5 Å². The van der Waals surface area contributed by atoms with Gasteiger partial charge in [-0.15, -0.1) is 0 Å². The van der Waals surface area contributed by atoms with E-state index < -0.39 is 11.9 Å². The van der Waals surface area contributed by atoms with Crippen molar-refractivity contribution in [2.45, 2.75) is 51.5 Å². The highest BCUT2D eigenvalue weighted by atomic mass is 16.7. The molecule has 2 aromatic carbocycles.